The maximum Gasteiger partial charge on any atom is 0.254 e. The summed E-state index contributed by atoms with van der Waals surface area (Å²) in [4.78, 5) is 14.9. The molecule has 2 aromatic rings. The first-order valence-electron chi connectivity index (χ1n) is 9.29. The normalized spacial score (nSPS) is 17.9. The summed E-state index contributed by atoms with van der Waals surface area (Å²) >= 11 is 0. The van der Waals surface area contributed by atoms with Gasteiger partial charge in [-0.05, 0) is 55.3 Å². The van der Waals surface area contributed by atoms with Crippen molar-refractivity contribution in [2.75, 3.05) is 25.2 Å². The van der Waals surface area contributed by atoms with Gasteiger partial charge in [0, 0.05) is 18.2 Å². The summed E-state index contributed by atoms with van der Waals surface area (Å²) in [5.41, 5.74) is 1.40. The van der Waals surface area contributed by atoms with E-state index in [9.17, 15) is 13.2 Å². The van der Waals surface area contributed by atoms with E-state index in [0.29, 0.717) is 36.6 Å². The van der Waals surface area contributed by atoms with Crippen molar-refractivity contribution in [1.82, 2.24) is 4.90 Å². The molecule has 6 nitrogen and oxygen atoms in total. The topological polar surface area (TPSA) is 72.9 Å². The lowest BCUT2D eigenvalue weighted by Crippen LogP contribution is -2.40. The highest BCUT2D eigenvalue weighted by atomic mass is 32.2. The zero-order chi connectivity index (χ0) is 20.1. The number of benzene rings is 2. The van der Waals surface area contributed by atoms with Gasteiger partial charge in [0.05, 0.1) is 25.2 Å². The summed E-state index contributed by atoms with van der Waals surface area (Å²) in [6.45, 7) is 2.77. The fourth-order valence-corrected chi connectivity index (χ4v) is 5.11. The second-order valence-corrected chi connectivity index (χ2v) is 9.03. The summed E-state index contributed by atoms with van der Waals surface area (Å²) in [6, 6.07) is 14.1. The maximum absolute atomic E-state index is 13.2. The predicted octanol–water partition coefficient (Wildman–Crippen LogP) is 2.92. The van der Waals surface area contributed by atoms with Gasteiger partial charge < -0.3 is 14.4 Å². The number of methoxy groups -OCH3 is 1. The number of rotatable bonds is 7. The fourth-order valence-electron chi connectivity index (χ4n) is 3.38. The van der Waals surface area contributed by atoms with Crippen LogP contribution in [0.4, 0.5) is 0 Å². The van der Waals surface area contributed by atoms with E-state index in [1.54, 1.807) is 36.3 Å². The second-order valence-electron chi connectivity index (χ2n) is 6.80. The van der Waals surface area contributed by atoms with Crippen LogP contribution in [0.5, 0.6) is 11.5 Å². The zero-order valence-corrected chi connectivity index (χ0v) is 16.9. The van der Waals surface area contributed by atoms with Gasteiger partial charge in [0.15, 0.2) is 9.84 Å². The van der Waals surface area contributed by atoms with Crippen LogP contribution in [0.15, 0.2) is 48.5 Å². The predicted molar refractivity (Wildman–Crippen MR) is 108 cm³/mol. The minimum Gasteiger partial charge on any atom is -0.497 e. The van der Waals surface area contributed by atoms with Crippen LogP contribution in [0.3, 0.4) is 0 Å². The zero-order valence-electron chi connectivity index (χ0n) is 16.1. The third-order valence-corrected chi connectivity index (χ3v) is 6.56. The first-order valence-corrected chi connectivity index (χ1v) is 11.1. The van der Waals surface area contributed by atoms with Crippen LogP contribution < -0.4 is 9.47 Å². The Hall–Kier alpha value is -2.54. The van der Waals surface area contributed by atoms with E-state index < -0.39 is 9.84 Å². The summed E-state index contributed by atoms with van der Waals surface area (Å²) in [5, 5.41) is 0. The second kappa shape index (κ2) is 8.65. The molecule has 1 saturated heterocycles. The average molecular weight is 404 g/mol. The van der Waals surface area contributed by atoms with Crippen LogP contribution in [0, 0.1) is 0 Å². The Morgan fingerprint density at radius 2 is 1.89 bits per heavy atom. The maximum atomic E-state index is 13.2. The molecule has 1 fully saturated rings. The minimum absolute atomic E-state index is 0.000260. The Balaban J connectivity index is 1.87. The van der Waals surface area contributed by atoms with Crippen LogP contribution in [-0.4, -0.2) is 50.5 Å². The van der Waals surface area contributed by atoms with Gasteiger partial charge in [0.1, 0.15) is 11.5 Å². The van der Waals surface area contributed by atoms with Crippen molar-refractivity contribution >= 4 is 15.7 Å². The first-order chi connectivity index (χ1) is 13.4. The number of ether oxygens (including phenoxy) is 2. The number of carbonyl (C=O) groups excluding carboxylic acids is 1. The summed E-state index contributed by atoms with van der Waals surface area (Å²) in [6.07, 6.45) is 0.453. The third kappa shape index (κ3) is 4.84. The summed E-state index contributed by atoms with van der Waals surface area (Å²) in [7, 11) is -1.53. The van der Waals surface area contributed by atoms with E-state index in [0.717, 1.165) is 5.56 Å². The number of nitrogens with zero attached hydrogens (tertiary/aromatic N) is 1. The van der Waals surface area contributed by atoms with Gasteiger partial charge >= 0.3 is 0 Å². The quantitative estimate of drug-likeness (QED) is 0.711. The van der Waals surface area contributed by atoms with Crippen LogP contribution in [0.2, 0.25) is 0 Å². The Morgan fingerprint density at radius 1 is 1.14 bits per heavy atom. The molecule has 0 radical (unpaired) electrons. The first kappa shape index (κ1) is 20.2. The Bertz CT molecular complexity index is 924. The molecule has 0 saturated carbocycles. The van der Waals surface area contributed by atoms with E-state index in [-0.39, 0.29) is 23.5 Å². The molecule has 1 amide bonds. The highest BCUT2D eigenvalue weighted by molar-refractivity contribution is 7.91. The van der Waals surface area contributed by atoms with Crippen molar-refractivity contribution in [3.8, 4) is 11.5 Å². The molecule has 0 N–H and O–H groups in total. The number of hydrogen-bond donors (Lipinski definition) is 0. The van der Waals surface area contributed by atoms with Crippen molar-refractivity contribution in [3.63, 3.8) is 0 Å². The van der Waals surface area contributed by atoms with Crippen LogP contribution in [0.1, 0.15) is 29.3 Å². The molecule has 1 heterocycles. The SMILES string of the molecule is CCOc1ccc(C(=O)N(Cc2cccc(OC)c2)[C@H]2CCS(=O)(=O)C2)cc1. The monoisotopic (exact) mass is 403 g/mol. The van der Waals surface area contributed by atoms with Gasteiger partial charge in [-0.25, -0.2) is 8.42 Å². The number of sulfone groups is 1. The molecule has 1 aliphatic heterocycles. The van der Waals surface area contributed by atoms with E-state index in [2.05, 4.69) is 0 Å². The molecule has 0 unspecified atom stereocenters. The average Bonchev–Trinajstić information content (AvgIpc) is 3.06. The van der Waals surface area contributed by atoms with Crippen LogP contribution in [-0.2, 0) is 16.4 Å². The van der Waals surface area contributed by atoms with E-state index in [1.165, 1.54) is 0 Å². The Kier molecular flexibility index (Phi) is 6.24. The number of hydrogen-bond acceptors (Lipinski definition) is 5. The molecule has 28 heavy (non-hydrogen) atoms. The third-order valence-electron chi connectivity index (χ3n) is 4.81. The van der Waals surface area contributed by atoms with Crippen molar-refractivity contribution < 1.29 is 22.7 Å². The molecule has 0 aliphatic carbocycles. The largest absolute Gasteiger partial charge is 0.497 e. The molecule has 0 aromatic heterocycles. The highest BCUT2D eigenvalue weighted by Gasteiger charge is 2.35. The van der Waals surface area contributed by atoms with Gasteiger partial charge in [-0.1, -0.05) is 12.1 Å². The van der Waals surface area contributed by atoms with Crippen molar-refractivity contribution in [1.29, 1.82) is 0 Å². The lowest BCUT2D eigenvalue weighted by Gasteiger charge is -2.28. The van der Waals surface area contributed by atoms with Crippen molar-refractivity contribution in [3.05, 3.63) is 59.7 Å². The van der Waals surface area contributed by atoms with Crippen LogP contribution >= 0.6 is 0 Å². The fraction of sp³-hybridized carbons (Fsp3) is 0.381. The molecule has 7 heteroatoms. The summed E-state index contributed by atoms with van der Waals surface area (Å²) in [5.74, 6) is 1.32. The van der Waals surface area contributed by atoms with E-state index in [4.69, 9.17) is 9.47 Å². The van der Waals surface area contributed by atoms with Crippen molar-refractivity contribution in [2.45, 2.75) is 25.9 Å². The molecule has 1 atom stereocenters. The van der Waals surface area contributed by atoms with Gasteiger partial charge in [0.2, 0.25) is 0 Å². The molecule has 0 spiro atoms. The van der Waals surface area contributed by atoms with E-state index in [1.807, 2.05) is 31.2 Å². The highest BCUT2D eigenvalue weighted by Crippen LogP contribution is 2.24. The lowest BCUT2D eigenvalue weighted by atomic mass is 10.1. The smallest absolute Gasteiger partial charge is 0.254 e. The van der Waals surface area contributed by atoms with E-state index >= 15 is 0 Å². The minimum atomic E-state index is -3.11. The van der Waals surface area contributed by atoms with Gasteiger partial charge in [-0.3, -0.25) is 4.79 Å². The molecular formula is C21H25NO5S. The molecule has 1 aliphatic rings. The molecule has 3 rings (SSSR count). The molecular weight excluding hydrogens is 378 g/mol. The van der Waals surface area contributed by atoms with Crippen molar-refractivity contribution in [2.24, 2.45) is 0 Å². The molecule has 2 aromatic carbocycles. The van der Waals surface area contributed by atoms with Gasteiger partial charge in [-0.2, -0.15) is 0 Å². The molecule has 0 bridgehead atoms. The molecule has 150 valence electrons. The Morgan fingerprint density at radius 3 is 2.50 bits per heavy atom. The standard InChI is InChI=1S/C21H25NO5S/c1-3-27-19-9-7-17(8-10-19)21(23)22(18-11-12-28(24,25)15-18)14-16-5-4-6-20(13-16)26-2/h4-10,13,18H,3,11-12,14-15H2,1-2H3/t18-/m0/s1. The number of carbonyl (C=O) groups is 1. The van der Waals surface area contributed by atoms with Crippen LogP contribution in [0.25, 0.3) is 0 Å². The van der Waals surface area contributed by atoms with Gasteiger partial charge in [0.25, 0.3) is 5.91 Å². The lowest BCUT2D eigenvalue weighted by molar-refractivity contribution is 0.0680. The summed E-state index contributed by atoms with van der Waals surface area (Å²) < 4.78 is 34.7. The number of amides is 1. The Labute approximate surface area is 166 Å². The van der Waals surface area contributed by atoms with Gasteiger partial charge in [-0.15, -0.1) is 0 Å².